The number of aryl methyl sites for hydroxylation is 2. The first kappa shape index (κ1) is 21.8. The van der Waals surface area contributed by atoms with Gasteiger partial charge in [-0.1, -0.05) is 18.2 Å². The highest BCUT2D eigenvalue weighted by molar-refractivity contribution is 7.17. The number of Topliss-reactive ketones (excluding diaryl/α,β-unsaturated/α-hetero) is 1. The zero-order valence-corrected chi connectivity index (χ0v) is 19.6. The van der Waals surface area contributed by atoms with Crippen molar-refractivity contribution < 1.29 is 19.1 Å². The van der Waals surface area contributed by atoms with E-state index >= 15 is 0 Å². The summed E-state index contributed by atoms with van der Waals surface area (Å²) in [6, 6.07) is 9.15. The lowest BCUT2D eigenvalue weighted by Gasteiger charge is -2.11. The summed E-state index contributed by atoms with van der Waals surface area (Å²) in [5, 5.41) is 5.12. The molecule has 0 saturated heterocycles. The molecule has 1 amide bonds. The number of hydrogen-bond acceptors (Lipinski definition) is 7. The van der Waals surface area contributed by atoms with Gasteiger partial charge in [0, 0.05) is 22.6 Å². The van der Waals surface area contributed by atoms with Gasteiger partial charge < -0.3 is 14.8 Å². The van der Waals surface area contributed by atoms with E-state index < -0.39 is 5.91 Å². The Balaban J connectivity index is 1.46. The summed E-state index contributed by atoms with van der Waals surface area (Å²) >= 11 is 1.39. The zero-order valence-electron chi connectivity index (χ0n) is 18.8. The monoisotopic (exact) mass is 475 g/mol. The van der Waals surface area contributed by atoms with E-state index in [0.717, 1.165) is 16.7 Å². The highest BCUT2D eigenvalue weighted by Gasteiger charge is 2.21. The minimum Gasteiger partial charge on any atom is -0.454 e. The summed E-state index contributed by atoms with van der Waals surface area (Å²) in [5.41, 5.74) is 4.33. The zero-order chi connectivity index (χ0) is 24.0. The van der Waals surface area contributed by atoms with E-state index in [0.29, 0.717) is 33.0 Å². The van der Waals surface area contributed by atoms with Crippen LogP contribution in [0.1, 0.15) is 28.4 Å². The molecule has 0 aliphatic carbocycles. The normalized spacial score (nSPS) is 12.2. The van der Waals surface area contributed by atoms with Crippen molar-refractivity contribution in [1.29, 1.82) is 0 Å². The quantitative estimate of drug-likeness (QED) is 0.432. The van der Waals surface area contributed by atoms with Crippen LogP contribution in [0.2, 0.25) is 0 Å². The van der Waals surface area contributed by atoms with Gasteiger partial charge in [-0.25, -0.2) is 4.98 Å². The van der Waals surface area contributed by atoms with Crippen LogP contribution in [0.15, 0.2) is 46.8 Å². The smallest absolute Gasteiger partial charge is 0.263 e. The third-order valence-corrected chi connectivity index (χ3v) is 6.75. The van der Waals surface area contributed by atoms with Crippen LogP contribution in [0.5, 0.6) is 11.5 Å². The highest BCUT2D eigenvalue weighted by Crippen LogP contribution is 2.37. The van der Waals surface area contributed by atoms with Gasteiger partial charge in [0.1, 0.15) is 11.4 Å². The van der Waals surface area contributed by atoms with Crippen LogP contribution in [0, 0.1) is 13.8 Å². The Hall–Kier alpha value is -3.98. The molecular formula is C25H21N3O5S. The number of ether oxygens (including phenoxy) is 2. The number of carbonyl (C=O) groups is 2. The molecular weight excluding hydrogens is 454 g/mol. The standard InChI is InChI=1S/C25H21N3O5S/c1-13-4-5-16(6-14(13)2)18-10-34-24-23(18)25(31)28(11-26-24)9-22(30)27-19-8-21-20(32-12-33-21)7-17(19)15(3)29/h4-8,10-11H,9,12H2,1-3H3,(H,27,30). The van der Waals surface area contributed by atoms with Crippen molar-refractivity contribution in [3.8, 4) is 22.6 Å². The molecule has 0 bridgehead atoms. The second-order valence-electron chi connectivity index (χ2n) is 8.16. The van der Waals surface area contributed by atoms with Crippen molar-refractivity contribution in [3.05, 3.63) is 69.1 Å². The topological polar surface area (TPSA) is 99.5 Å². The summed E-state index contributed by atoms with van der Waals surface area (Å²) in [6.45, 7) is 5.26. The highest BCUT2D eigenvalue weighted by atomic mass is 32.1. The first-order chi connectivity index (χ1) is 16.3. The number of aromatic nitrogens is 2. The van der Waals surface area contributed by atoms with E-state index in [1.165, 1.54) is 34.7 Å². The van der Waals surface area contributed by atoms with Crippen molar-refractivity contribution in [2.75, 3.05) is 12.1 Å². The van der Waals surface area contributed by atoms with Crippen LogP contribution in [-0.4, -0.2) is 28.0 Å². The number of fused-ring (bicyclic) bond motifs is 2. The first-order valence-corrected chi connectivity index (χ1v) is 11.5. The average Bonchev–Trinajstić information content (AvgIpc) is 3.44. The molecule has 0 saturated carbocycles. The maximum atomic E-state index is 13.3. The predicted molar refractivity (Wildman–Crippen MR) is 130 cm³/mol. The second-order valence-corrected chi connectivity index (χ2v) is 9.02. The lowest BCUT2D eigenvalue weighted by atomic mass is 10.0. The van der Waals surface area contributed by atoms with Gasteiger partial charge in [-0.2, -0.15) is 0 Å². The minimum absolute atomic E-state index is 0.0502. The van der Waals surface area contributed by atoms with Crippen LogP contribution < -0.4 is 20.3 Å². The Bertz CT molecular complexity index is 1540. The molecule has 9 heteroatoms. The Morgan fingerprint density at radius 3 is 2.62 bits per heavy atom. The van der Waals surface area contributed by atoms with Gasteiger partial charge in [-0.3, -0.25) is 19.0 Å². The maximum Gasteiger partial charge on any atom is 0.263 e. The maximum absolute atomic E-state index is 13.3. The number of thiophene rings is 1. The number of amides is 1. The Labute approximate surface area is 198 Å². The van der Waals surface area contributed by atoms with Crippen LogP contribution in [0.25, 0.3) is 21.3 Å². The number of ketones is 1. The molecule has 2 aromatic carbocycles. The first-order valence-electron chi connectivity index (χ1n) is 10.6. The molecule has 0 atom stereocenters. The van der Waals surface area contributed by atoms with Crippen molar-refractivity contribution in [2.24, 2.45) is 0 Å². The second kappa shape index (κ2) is 8.42. The van der Waals surface area contributed by atoms with Crippen LogP contribution in [0.4, 0.5) is 5.69 Å². The van der Waals surface area contributed by atoms with Crippen molar-refractivity contribution in [3.63, 3.8) is 0 Å². The van der Waals surface area contributed by atoms with E-state index in [1.807, 2.05) is 37.4 Å². The Kier molecular flexibility index (Phi) is 5.41. The van der Waals surface area contributed by atoms with Gasteiger partial charge in [-0.15, -0.1) is 11.3 Å². The van der Waals surface area contributed by atoms with Crippen LogP contribution in [-0.2, 0) is 11.3 Å². The van der Waals surface area contributed by atoms with Gasteiger partial charge >= 0.3 is 0 Å². The van der Waals surface area contributed by atoms with Gasteiger partial charge in [0.2, 0.25) is 12.7 Å². The number of benzene rings is 2. The SMILES string of the molecule is CC(=O)c1cc2c(cc1NC(=O)Cn1cnc3scc(-c4ccc(C)c(C)c4)c3c1=O)OCO2. The summed E-state index contributed by atoms with van der Waals surface area (Å²) < 4.78 is 11.9. The Morgan fingerprint density at radius 1 is 1.12 bits per heavy atom. The number of nitrogens with one attached hydrogen (secondary N) is 1. The molecule has 0 radical (unpaired) electrons. The van der Waals surface area contributed by atoms with Crippen molar-refractivity contribution in [2.45, 2.75) is 27.3 Å². The number of anilines is 1. The molecule has 8 nitrogen and oxygen atoms in total. The molecule has 172 valence electrons. The molecule has 0 spiro atoms. The molecule has 0 unspecified atom stereocenters. The largest absolute Gasteiger partial charge is 0.454 e. The molecule has 2 aromatic heterocycles. The lowest BCUT2D eigenvalue weighted by molar-refractivity contribution is -0.116. The summed E-state index contributed by atoms with van der Waals surface area (Å²) in [6.07, 6.45) is 1.37. The molecule has 34 heavy (non-hydrogen) atoms. The molecule has 1 aliphatic heterocycles. The summed E-state index contributed by atoms with van der Waals surface area (Å²) in [7, 11) is 0. The van der Waals surface area contributed by atoms with Gasteiger partial charge in [0.05, 0.1) is 17.4 Å². The van der Waals surface area contributed by atoms with E-state index in [1.54, 1.807) is 12.1 Å². The summed E-state index contributed by atoms with van der Waals surface area (Å²) in [4.78, 5) is 43.2. The van der Waals surface area contributed by atoms with Gasteiger partial charge in [-0.05, 0) is 43.5 Å². The number of rotatable bonds is 5. The fourth-order valence-electron chi connectivity index (χ4n) is 3.88. The molecule has 5 rings (SSSR count). The minimum atomic E-state index is -0.465. The molecule has 4 aromatic rings. The van der Waals surface area contributed by atoms with E-state index in [2.05, 4.69) is 10.3 Å². The fraction of sp³-hybridized carbons (Fsp3) is 0.200. The van der Waals surface area contributed by atoms with Crippen LogP contribution >= 0.6 is 11.3 Å². The lowest BCUT2D eigenvalue weighted by Crippen LogP contribution is -2.28. The molecule has 0 fully saturated rings. The molecule has 1 N–H and O–H groups in total. The summed E-state index contributed by atoms with van der Waals surface area (Å²) in [5.74, 6) is 0.194. The Morgan fingerprint density at radius 2 is 1.88 bits per heavy atom. The van der Waals surface area contributed by atoms with Crippen molar-refractivity contribution >= 4 is 38.9 Å². The van der Waals surface area contributed by atoms with Crippen LogP contribution in [0.3, 0.4) is 0 Å². The third-order valence-electron chi connectivity index (χ3n) is 5.86. The molecule has 1 aliphatic rings. The van der Waals surface area contributed by atoms with E-state index in [4.69, 9.17) is 9.47 Å². The van der Waals surface area contributed by atoms with Gasteiger partial charge in [0.15, 0.2) is 17.3 Å². The predicted octanol–water partition coefficient (Wildman–Crippen LogP) is 4.31. The molecule has 3 heterocycles. The number of nitrogens with zero attached hydrogens (tertiary/aromatic N) is 2. The van der Waals surface area contributed by atoms with Crippen molar-refractivity contribution in [1.82, 2.24) is 9.55 Å². The fourth-order valence-corrected chi connectivity index (χ4v) is 4.79. The number of carbonyl (C=O) groups excluding carboxylic acids is 2. The third kappa shape index (κ3) is 3.84. The average molecular weight is 476 g/mol. The number of hydrogen-bond donors (Lipinski definition) is 1. The van der Waals surface area contributed by atoms with E-state index in [9.17, 15) is 14.4 Å². The van der Waals surface area contributed by atoms with E-state index in [-0.39, 0.29) is 24.7 Å². The van der Waals surface area contributed by atoms with Gasteiger partial charge in [0.25, 0.3) is 5.56 Å².